The average Bonchev–Trinajstić information content (AvgIpc) is 2.93. The SMILES string of the molecule is CN(CC(=O)Nc1ccccc1C#N)C1CCCC1. The molecule has 1 saturated carbocycles. The predicted molar refractivity (Wildman–Crippen MR) is 74.7 cm³/mol. The van der Waals surface area contributed by atoms with Crippen molar-refractivity contribution >= 4 is 11.6 Å². The molecule has 0 radical (unpaired) electrons. The van der Waals surface area contributed by atoms with E-state index < -0.39 is 0 Å². The molecule has 0 unspecified atom stereocenters. The minimum absolute atomic E-state index is 0.0582. The number of nitrogens with one attached hydrogen (secondary N) is 1. The van der Waals surface area contributed by atoms with E-state index in [9.17, 15) is 4.79 Å². The van der Waals surface area contributed by atoms with E-state index in [0.717, 1.165) is 0 Å². The first kappa shape index (κ1) is 13.6. The van der Waals surface area contributed by atoms with Gasteiger partial charge in [0.2, 0.25) is 5.91 Å². The molecule has 0 aromatic heterocycles. The number of carbonyl (C=O) groups is 1. The fraction of sp³-hybridized carbons (Fsp3) is 0.467. The van der Waals surface area contributed by atoms with Gasteiger partial charge in [0.1, 0.15) is 6.07 Å². The number of para-hydroxylation sites is 1. The summed E-state index contributed by atoms with van der Waals surface area (Å²) in [6.45, 7) is 0.379. The van der Waals surface area contributed by atoms with Gasteiger partial charge < -0.3 is 5.32 Å². The number of amides is 1. The topological polar surface area (TPSA) is 56.1 Å². The van der Waals surface area contributed by atoms with Gasteiger partial charge in [0, 0.05) is 6.04 Å². The molecule has 1 aromatic carbocycles. The van der Waals surface area contributed by atoms with E-state index in [4.69, 9.17) is 5.26 Å². The van der Waals surface area contributed by atoms with Crippen molar-refractivity contribution in [2.45, 2.75) is 31.7 Å². The Morgan fingerprint density at radius 2 is 2.11 bits per heavy atom. The molecule has 1 aliphatic carbocycles. The van der Waals surface area contributed by atoms with Crippen molar-refractivity contribution in [1.82, 2.24) is 4.90 Å². The Balaban J connectivity index is 1.92. The normalized spacial score (nSPS) is 15.4. The monoisotopic (exact) mass is 257 g/mol. The molecule has 0 heterocycles. The number of rotatable bonds is 4. The molecule has 2 rings (SSSR count). The molecule has 0 atom stereocenters. The number of anilines is 1. The first-order valence-electron chi connectivity index (χ1n) is 6.70. The molecule has 19 heavy (non-hydrogen) atoms. The van der Waals surface area contributed by atoms with Gasteiger partial charge in [-0.1, -0.05) is 25.0 Å². The third kappa shape index (κ3) is 3.55. The highest BCUT2D eigenvalue weighted by Gasteiger charge is 2.21. The van der Waals surface area contributed by atoms with Crippen molar-refractivity contribution in [3.63, 3.8) is 0 Å². The zero-order valence-electron chi connectivity index (χ0n) is 11.2. The smallest absolute Gasteiger partial charge is 0.238 e. The Kier molecular flexibility index (Phi) is 4.53. The average molecular weight is 257 g/mol. The Morgan fingerprint density at radius 3 is 2.79 bits per heavy atom. The number of nitrogens with zero attached hydrogens (tertiary/aromatic N) is 2. The third-order valence-corrected chi connectivity index (χ3v) is 3.66. The standard InChI is InChI=1S/C15H19N3O/c1-18(13-7-3-4-8-13)11-15(19)17-14-9-5-2-6-12(14)10-16/h2,5-6,9,13H,3-4,7-8,11H2,1H3,(H,17,19). The zero-order valence-corrected chi connectivity index (χ0v) is 11.2. The molecule has 1 aromatic rings. The van der Waals surface area contributed by atoms with Crippen LogP contribution in [0, 0.1) is 11.3 Å². The number of likely N-dealkylation sites (N-methyl/N-ethyl adjacent to an activating group) is 1. The van der Waals surface area contributed by atoms with E-state index in [0.29, 0.717) is 23.8 Å². The second-order valence-electron chi connectivity index (χ2n) is 5.06. The van der Waals surface area contributed by atoms with Crippen LogP contribution in [0.2, 0.25) is 0 Å². The van der Waals surface area contributed by atoms with Crippen molar-refractivity contribution in [3.8, 4) is 6.07 Å². The molecule has 1 aliphatic rings. The number of benzene rings is 1. The minimum atomic E-state index is -0.0582. The number of hydrogen-bond donors (Lipinski definition) is 1. The highest BCUT2D eigenvalue weighted by molar-refractivity contribution is 5.93. The Labute approximate surface area is 114 Å². The van der Waals surface area contributed by atoms with Crippen molar-refractivity contribution in [3.05, 3.63) is 29.8 Å². The van der Waals surface area contributed by atoms with Crippen LogP contribution in [0.3, 0.4) is 0 Å². The summed E-state index contributed by atoms with van der Waals surface area (Å²) in [5.41, 5.74) is 1.09. The maximum Gasteiger partial charge on any atom is 0.238 e. The van der Waals surface area contributed by atoms with Crippen LogP contribution in [-0.2, 0) is 4.79 Å². The summed E-state index contributed by atoms with van der Waals surface area (Å²) in [6, 6.07) is 9.67. The summed E-state index contributed by atoms with van der Waals surface area (Å²) in [5.74, 6) is -0.0582. The van der Waals surface area contributed by atoms with Gasteiger partial charge in [0.15, 0.2) is 0 Å². The quantitative estimate of drug-likeness (QED) is 0.901. The van der Waals surface area contributed by atoms with Gasteiger partial charge in [0.05, 0.1) is 17.8 Å². The predicted octanol–water partition coefficient (Wildman–Crippen LogP) is 2.37. The summed E-state index contributed by atoms with van der Waals surface area (Å²) in [4.78, 5) is 14.1. The molecular formula is C15H19N3O. The van der Waals surface area contributed by atoms with E-state index in [-0.39, 0.29) is 5.91 Å². The maximum atomic E-state index is 12.0. The molecule has 4 heteroatoms. The highest BCUT2D eigenvalue weighted by Crippen LogP contribution is 2.22. The molecule has 1 N–H and O–H groups in total. The van der Waals surface area contributed by atoms with E-state index in [1.165, 1.54) is 25.7 Å². The van der Waals surface area contributed by atoms with E-state index >= 15 is 0 Å². The Morgan fingerprint density at radius 1 is 1.42 bits per heavy atom. The van der Waals surface area contributed by atoms with Crippen LogP contribution in [0.15, 0.2) is 24.3 Å². The Hall–Kier alpha value is -1.86. The minimum Gasteiger partial charge on any atom is -0.324 e. The van der Waals surface area contributed by atoms with Crippen LogP contribution in [0.4, 0.5) is 5.69 Å². The van der Waals surface area contributed by atoms with Gasteiger partial charge >= 0.3 is 0 Å². The van der Waals surface area contributed by atoms with Crippen molar-refractivity contribution in [2.75, 3.05) is 18.9 Å². The molecule has 0 bridgehead atoms. The van der Waals surface area contributed by atoms with Gasteiger partial charge in [-0.2, -0.15) is 5.26 Å². The second-order valence-corrected chi connectivity index (χ2v) is 5.06. The van der Waals surface area contributed by atoms with Gasteiger partial charge in [-0.3, -0.25) is 9.69 Å². The lowest BCUT2D eigenvalue weighted by molar-refractivity contribution is -0.117. The van der Waals surface area contributed by atoms with Crippen LogP contribution < -0.4 is 5.32 Å². The summed E-state index contributed by atoms with van der Waals surface area (Å²) in [5, 5.41) is 11.8. The number of nitriles is 1. The van der Waals surface area contributed by atoms with Crippen molar-refractivity contribution < 1.29 is 4.79 Å². The third-order valence-electron chi connectivity index (χ3n) is 3.66. The molecular weight excluding hydrogens is 238 g/mol. The molecule has 100 valence electrons. The molecule has 0 aliphatic heterocycles. The lowest BCUT2D eigenvalue weighted by Gasteiger charge is -2.23. The van der Waals surface area contributed by atoms with Crippen LogP contribution in [0.25, 0.3) is 0 Å². The van der Waals surface area contributed by atoms with Crippen molar-refractivity contribution in [1.29, 1.82) is 5.26 Å². The number of carbonyl (C=O) groups excluding carboxylic acids is 1. The van der Waals surface area contributed by atoms with Gasteiger partial charge in [-0.25, -0.2) is 0 Å². The summed E-state index contributed by atoms with van der Waals surface area (Å²) in [7, 11) is 1.99. The summed E-state index contributed by atoms with van der Waals surface area (Å²) in [6.07, 6.45) is 4.87. The summed E-state index contributed by atoms with van der Waals surface area (Å²) < 4.78 is 0. The van der Waals surface area contributed by atoms with E-state index in [2.05, 4.69) is 16.3 Å². The number of hydrogen-bond acceptors (Lipinski definition) is 3. The molecule has 0 spiro atoms. The Bertz CT molecular complexity index is 486. The second kappa shape index (κ2) is 6.35. The van der Waals surface area contributed by atoms with Crippen molar-refractivity contribution in [2.24, 2.45) is 0 Å². The largest absolute Gasteiger partial charge is 0.324 e. The summed E-state index contributed by atoms with van der Waals surface area (Å²) >= 11 is 0. The lowest BCUT2D eigenvalue weighted by atomic mass is 10.2. The zero-order chi connectivity index (χ0) is 13.7. The first-order chi connectivity index (χ1) is 9.20. The lowest BCUT2D eigenvalue weighted by Crippen LogP contribution is -2.36. The van der Waals surface area contributed by atoms with Crippen LogP contribution in [-0.4, -0.2) is 30.4 Å². The molecule has 0 saturated heterocycles. The van der Waals surface area contributed by atoms with Gasteiger partial charge in [-0.05, 0) is 32.0 Å². The maximum absolute atomic E-state index is 12.0. The molecule has 4 nitrogen and oxygen atoms in total. The van der Waals surface area contributed by atoms with Gasteiger partial charge in [-0.15, -0.1) is 0 Å². The van der Waals surface area contributed by atoms with Crippen LogP contribution in [0.1, 0.15) is 31.2 Å². The van der Waals surface area contributed by atoms with E-state index in [1.807, 2.05) is 13.1 Å². The van der Waals surface area contributed by atoms with Crippen LogP contribution >= 0.6 is 0 Å². The molecule has 1 amide bonds. The van der Waals surface area contributed by atoms with Crippen LogP contribution in [0.5, 0.6) is 0 Å². The fourth-order valence-corrected chi connectivity index (χ4v) is 2.58. The highest BCUT2D eigenvalue weighted by atomic mass is 16.2. The van der Waals surface area contributed by atoms with E-state index in [1.54, 1.807) is 18.2 Å². The van der Waals surface area contributed by atoms with Gasteiger partial charge in [0.25, 0.3) is 0 Å². The first-order valence-corrected chi connectivity index (χ1v) is 6.70. The fourth-order valence-electron chi connectivity index (χ4n) is 2.58. The molecule has 1 fully saturated rings.